The molecule has 0 saturated heterocycles. The number of rotatable bonds is 4. The SMILES string of the molecule is CN(C)c1ccc(CC2C(=O)Nc3ccc([N+](=O)[O-])cc32)cc1. The minimum Gasteiger partial charge on any atom is -0.378 e. The number of hydrogen-bond acceptors (Lipinski definition) is 4. The van der Waals surface area contributed by atoms with Crippen molar-refractivity contribution in [2.75, 3.05) is 24.3 Å². The lowest BCUT2D eigenvalue weighted by molar-refractivity contribution is -0.384. The van der Waals surface area contributed by atoms with Crippen LogP contribution in [0.25, 0.3) is 0 Å². The fourth-order valence-corrected chi connectivity index (χ4v) is 2.80. The maximum Gasteiger partial charge on any atom is 0.269 e. The normalized spacial score (nSPS) is 15.9. The minimum absolute atomic E-state index is 0.00760. The Kier molecular flexibility index (Phi) is 3.73. The summed E-state index contributed by atoms with van der Waals surface area (Å²) in [5, 5.41) is 13.7. The highest BCUT2D eigenvalue weighted by Crippen LogP contribution is 2.37. The van der Waals surface area contributed by atoms with Gasteiger partial charge in [-0.1, -0.05) is 12.1 Å². The summed E-state index contributed by atoms with van der Waals surface area (Å²) in [7, 11) is 3.93. The van der Waals surface area contributed by atoms with E-state index in [4.69, 9.17) is 0 Å². The highest BCUT2D eigenvalue weighted by Gasteiger charge is 2.32. The van der Waals surface area contributed by atoms with Crippen LogP contribution in [0.5, 0.6) is 0 Å². The molecule has 0 radical (unpaired) electrons. The standard InChI is InChI=1S/C17H17N3O3/c1-19(2)12-5-3-11(4-6-12)9-15-14-10-13(20(22)23)7-8-16(14)18-17(15)21/h3-8,10,15H,9H2,1-2H3,(H,18,21). The predicted molar refractivity (Wildman–Crippen MR) is 88.9 cm³/mol. The number of nitrogens with zero attached hydrogens (tertiary/aromatic N) is 2. The molecule has 0 fully saturated rings. The zero-order valence-electron chi connectivity index (χ0n) is 12.9. The van der Waals surface area contributed by atoms with E-state index in [-0.39, 0.29) is 11.6 Å². The number of amides is 1. The van der Waals surface area contributed by atoms with Crippen molar-refractivity contribution in [2.24, 2.45) is 0 Å². The van der Waals surface area contributed by atoms with Crippen LogP contribution in [0.4, 0.5) is 17.1 Å². The van der Waals surface area contributed by atoms with Crippen molar-refractivity contribution in [3.63, 3.8) is 0 Å². The van der Waals surface area contributed by atoms with E-state index in [0.717, 1.165) is 11.3 Å². The molecule has 0 bridgehead atoms. The van der Waals surface area contributed by atoms with E-state index < -0.39 is 10.8 Å². The number of carbonyl (C=O) groups excluding carboxylic acids is 1. The van der Waals surface area contributed by atoms with Gasteiger partial charge in [-0.25, -0.2) is 0 Å². The van der Waals surface area contributed by atoms with Gasteiger partial charge in [0, 0.05) is 37.6 Å². The van der Waals surface area contributed by atoms with Gasteiger partial charge in [0.2, 0.25) is 5.91 Å². The first-order valence-electron chi connectivity index (χ1n) is 7.31. The van der Waals surface area contributed by atoms with Crippen LogP contribution in [0.15, 0.2) is 42.5 Å². The number of nitro benzene ring substituents is 1. The van der Waals surface area contributed by atoms with Gasteiger partial charge in [-0.05, 0) is 35.7 Å². The first-order chi connectivity index (χ1) is 11.0. The average Bonchev–Trinajstić information content (AvgIpc) is 2.83. The summed E-state index contributed by atoms with van der Waals surface area (Å²) in [6.07, 6.45) is 0.522. The first-order valence-corrected chi connectivity index (χ1v) is 7.31. The van der Waals surface area contributed by atoms with Crippen molar-refractivity contribution in [2.45, 2.75) is 12.3 Å². The van der Waals surface area contributed by atoms with Gasteiger partial charge in [0.15, 0.2) is 0 Å². The van der Waals surface area contributed by atoms with Gasteiger partial charge in [-0.15, -0.1) is 0 Å². The van der Waals surface area contributed by atoms with E-state index >= 15 is 0 Å². The average molecular weight is 311 g/mol. The van der Waals surface area contributed by atoms with Crippen LogP contribution in [0, 0.1) is 10.1 Å². The van der Waals surface area contributed by atoms with Gasteiger partial charge in [0.05, 0.1) is 10.8 Å². The molecule has 1 amide bonds. The van der Waals surface area contributed by atoms with Gasteiger partial charge in [0.1, 0.15) is 0 Å². The van der Waals surface area contributed by atoms with Crippen molar-refractivity contribution in [1.29, 1.82) is 0 Å². The number of carbonyl (C=O) groups is 1. The fraction of sp³-hybridized carbons (Fsp3) is 0.235. The molecule has 0 spiro atoms. The van der Waals surface area contributed by atoms with Crippen LogP contribution in [0.3, 0.4) is 0 Å². The van der Waals surface area contributed by atoms with E-state index in [1.165, 1.54) is 12.1 Å². The molecule has 1 aliphatic rings. The molecule has 1 unspecified atom stereocenters. The third-order valence-electron chi connectivity index (χ3n) is 4.09. The number of non-ortho nitro benzene ring substituents is 1. The summed E-state index contributed by atoms with van der Waals surface area (Å²) < 4.78 is 0. The van der Waals surface area contributed by atoms with Crippen molar-refractivity contribution in [3.8, 4) is 0 Å². The molecule has 1 heterocycles. The Balaban J connectivity index is 1.88. The molecule has 2 aromatic carbocycles. The van der Waals surface area contributed by atoms with Crippen LogP contribution in [-0.4, -0.2) is 24.9 Å². The summed E-state index contributed by atoms with van der Waals surface area (Å²) in [4.78, 5) is 24.7. The predicted octanol–water partition coefficient (Wildman–Crippen LogP) is 2.94. The summed E-state index contributed by atoms with van der Waals surface area (Å²) in [6, 6.07) is 12.5. The number of benzene rings is 2. The number of anilines is 2. The Labute approximate surface area is 133 Å². The zero-order chi connectivity index (χ0) is 16.6. The van der Waals surface area contributed by atoms with Crippen LogP contribution in [0.2, 0.25) is 0 Å². The van der Waals surface area contributed by atoms with Gasteiger partial charge >= 0.3 is 0 Å². The van der Waals surface area contributed by atoms with E-state index in [9.17, 15) is 14.9 Å². The summed E-state index contributed by atoms with van der Waals surface area (Å²) in [5.74, 6) is -0.507. The van der Waals surface area contributed by atoms with Gasteiger partial charge in [-0.2, -0.15) is 0 Å². The molecule has 2 aromatic rings. The maximum atomic E-state index is 12.2. The van der Waals surface area contributed by atoms with Gasteiger partial charge < -0.3 is 10.2 Å². The molecule has 1 aliphatic heterocycles. The largest absolute Gasteiger partial charge is 0.378 e. The molecular formula is C17H17N3O3. The quantitative estimate of drug-likeness (QED) is 0.696. The molecule has 0 aliphatic carbocycles. The maximum absolute atomic E-state index is 12.2. The number of fused-ring (bicyclic) bond motifs is 1. The lowest BCUT2D eigenvalue weighted by Gasteiger charge is -2.14. The Morgan fingerprint density at radius 1 is 1.17 bits per heavy atom. The van der Waals surface area contributed by atoms with E-state index in [2.05, 4.69) is 5.32 Å². The molecule has 6 heteroatoms. The Morgan fingerprint density at radius 3 is 2.48 bits per heavy atom. The lowest BCUT2D eigenvalue weighted by Crippen LogP contribution is -2.14. The third-order valence-corrected chi connectivity index (χ3v) is 4.09. The van der Waals surface area contributed by atoms with E-state index in [1.54, 1.807) is 6.07 Å². The zero-order valence-corrected chi connectivity index (χ0v) is 12.9. The highest BCUT2D eigenvalue weighted by atomic mass is 16.6. The molecule has 0 saturated carbocycles. The van der Waals surface area contributed by atoms with Gasteiger partial charge in [0.25, 0.3) is 5.69 Å². The second kappa shape index (κ2) is 5.72. The third kappa shape index (κ3) is 2.88. The van der Waals surface area contributed by atoms with E-state index in [1.807, 2.05) is 43.3 Å². The lowest BCUT2D eigenvalue weighted by atomic mass is 9.93. The number of nitro groups is 1. The Morgan fingerprint density at radius 2 is 1.87 bits per heavy atom. The van der Waals surface area contributed by atoms with Crippen LogP contribution >= 0.6 is 0 Å². The van der Waals surface area contributed by atoms with Crippen LogP contribution in [0.1, 0.15) is 17.0 Å². The molecule has 118 valence electrons. The Hall–Kier alpha value is -2.89. The van der Waals surface area contributed by atoms with Crippen molar-refractivity contribution in [1.82, 2.24) is 0 Å². The molecule has 6 nitrogen and oxygen atoms in total. The topological polar surface area (TPSA) is 75.5 Å². The minimum atomic E-state index is -0.438. The molecule has 1 N–H and O–H groups in total. The molecule has 1 atom stereocenters. The number of hydrogen-bond donors (Lipinski definition) is 1. The molecule has 0 aromatic heterocycles. The Bertz CT molecular complexity index is 769. The van der Waals surface area contributed by atoms with Crippen LogP contribution < -0.4 is 10.2 Å². The monoisotopic (exact) mass is 311 g/mol. The van der Waals surface area contributed by atoms with Crippen LogP contribution in [-0.2, 0) is 11.2 Å². The summed E-state index contributed by atoms with van der Waals surface area (Å²) >= 11 is 0. The summed E-state index contributed by atoms with van der Waals surface area (Å²) in [5.41, 5.74) is 3.47. The van der Waals surface area contributed by atoms with Crippen molar-refractivity contribution < 1.29 is 9.72 Å². The fourth-order valence-electron chi connectivity index (χ4n) is 2.80. The molecule has 23 heavy (non-hydrogen) atoms. The first kappa shape index (κ1) is 15.0. The molecule has 3 rings (SSSR count). The number of nitrogens with one attached hydrogen (secondary N) is 1. The highest BCUT2D eigenvalue weighted by molar-refractivity contribution is 6.03. The van der Waals surface area contributed by atoms with Gasteiger partial charge in [-0.3, -0.25) is 14.9 Å². The van der Waals surface area contributed by atoms with Crippen molar-refractivity contribution >= 4 is 23.0 Å². The second-order valence-electron chi connectivity index (χ2n) is 5.84. The van der Waals surface area contributed by atoms with Crippen molar-refractivity contribution in [3.05, 3.63) is 63.7 Å². The second-order valence-corrected chi connectivity index (χ2v) is 5.84. The molecular weight excluding hydrogens is 294 g/mol. The summed E-state index contributed by atoms with van der Waals surface area (Å²) in [6.45, 7) is 0. The smallest absolute Gasteiger partial charge is 0.269 e. The van der Waals surface area contributed by atoms with E-state index in [0.29, 0.717) is 17.7 Å².